The van der Waals surface area contributed by atoms with Crippen molar-refractivity contribution in [2.45, 2.75) is 25.5 Å². The van der Waals surface area contributed by atoms with Crippen molar-refractivity contribution in [3.8, 4) is 0 Å². The van der Waals surface area contributed by atoms with Gasteiger partial charge in [0, 0.05) is 19.9 Å². The summed E-state index contributed by atoms with van der Waals surface area (Å²) in [7, 11) is 1.76. The molecule has 98 valence electrons. The molecule has 0 aliphatic carbocycles. The van der Waals surface area contributed by atoms with Crippen LogP contribution in [0.2, 0.25) is 10.2 Å². The Morgan fingerprint density at radius 2 is 2.28 bits per heavy atom. The van der Waals surface area contributed by atoms with Gasteiger partial charge in [-0.1, -0.05) is 23.2 Å². The molecule has 1 fully saturated rings. The third kappa shape index (κ3) is 2.60. The lowest BCUT2D eigenvalue weighted by Gasteiger charge is -2.26. The number of amides is 1. The molecular weight excluding hydrogens is 275 g/mol. The molecule has 1 aliphatic rings. The summed E-state index contributed by atoms with van der Waals surface area (Å²) >= 11 is 11.6. The molecule has 18 heavy (non-hydrogen) atoms. The van der Waals surface area contributed by atoms with Crippen LogP contribution in [0.3, 0.4) is 0 Å². The van der Waals surface area contributed by atoms with Gasteiger partial charge in [0.15, 0.2) is 0 Å². The number of carbonyl (C=O) groups is 1. The second-order valence-electron chi connectivity index (χ2n) is 4.34. The van der Waals surface area contributed by atoms with Crippen molar-refractivity contribution in [2.24, 2.45) is 0 Å². The predicted octanol–water partition coefficient (Wildman–Crippen LogP) is 2.64. The van der Waals surface area contributed by atoms with Gasteiger partial charge in [-0.2, -0.15) is 0 Å². The van der Waals surface area contributed by atoms with Crippen molar-refractivity contribution in [1.29, 1.82) is 0 Å². The fourth-order valence-corrected chi connectivity index (χ4v) is 2.39. The number of carbonyl (C=O) groups excluding carboxylic acids is 1. The van der Waals surface area contributed by atoms with Crippen molar-refractivity contribution in [1.82, 2.24) is 9.88 Å². The highest BCUT2D eigenvalue weighted by molar-refractivity contribution is 6.41. The van der Waals surface area contributed by atoms with Crippen LogP contribution in [0, 0.1) is 0 Å². The largest absolute Gasteiger partial charge is 0.376 e. The Morgan fingerprint density at radius 1 is 1.56 bits per heavy atom. The fraction of sp³-hybridized carbons (Fsp3) is 0.500. The lowest BCUT2D eigenvalue weighted by molar-refractivity contribution is 0.0574. The SMILES string of the molecule is CC1OCCC1N(C)C(=O)c1cnc(Cl)c(Cl)c1. The van der Waals surface area contributed by atoms with Gasteiger partial charge in [0.25, 0.3) is 5.91 Å². The summed E-state index contributed by atoms with van der Waals surface area (Å²) in [6.07, 6.45) is 2.33. The fourth-order valence-electron chi connectivity index (χ4n) is 2.12. The van der Waals surface area contributed by atoms with Gasteiger partial charge in [-0.05, 0) is 19.4 Å². The van der Waals surface area contributed by atoms with Crippen LogP contribution in [-0.2, 0) is 4.74 Å². The minimum Gasteiger partial charge on any atom is -0.376 e. The molecule has 4 nitrogen and oxygen atoms in total. The minimum atomic E-state index is -0.122. The number of hydrogen-bond acceptors (Lipinski definition) is 3. The standard InChI is InChI=1S/C12H14Cl2N2O2/c1-7-10(3-4-18-7)16(2)12(17)8-5-9(13)11(14)15-6-8/h5-7,10H,3-4H2,1-2H3. The lowest BCUT2D eigenvalue weighted by Crippen LogP contribution is -2.41. The summed E-state index contributed by atoms with van der Waals surface area (Å²) in [5.74, 6) is -0.122. The van der Waals surface area contributed by atoms with E-state index in [1.54, 1.807) is 11.9 Å². The molecule has 6 heteroatoms. The molecular formula is C12H14Cl2N2O2. The van der Waals surface area contributed by atoms with Crippen LogP contribution in [0.15, 0.2) is 12.3 Å². The van der Waals surface area contributed by atoms with Gasteiger partial charge in [0.05, 0.1) is 22.7 Å². The molecule has 2 atom stereocenters. The van der Waals surface area contributed by atoms with E-state index in [1.165, 1.54) is 12.3 Å². The van der Waals surface area contributed by atoms with Crippen LogP contribution in [0.1, 0.15) is 23.7 Å². The monoisotopic (exact) mass is 288 g/mol. The van der Waals surface area contributed by atoms with Crippen molar-refractivity contribution >= 4 is 29.1 Å². The Balaban J connectivity index is 2.17. The Bertz CT molecular complexity index is 467. The maximum absolute atomic E-state index is 12.3. The van der Waals surface area contributed by atoms with Crippen LogP contribution in [-0.4, -0.2) is 41.6 Å². The van der Waals surface area contributed by atoms with Crippen LogP contribution < -0.4 is 0 Å². The first-order valence-electron chi connectivity index (χ1n) is 5.70. The molecule has 1 aliphatic heterocycles. The molecule has 1 saturated heterocycles. The molecule has 2 heterocycles. The van der Waals surface area contributed by atoms with Crippen LogP contribution in [0.4, 0.5) is 0 Å². The number of hydrogen-bond donors (Lipinski definition) is 0. The van der Waals surface area contributed by atoms with Crippen LogP contribution in [0.25, 0.3) is 0 Å². The van der Waals surface area contributed by atoms with E-state index < -0.39 is 0 Å². The third-order valence-electron chi connectivity index (χ3n) is 3.20. The first kappa shape index (κ1) is 13.6. The van der Waals surface area contributed by atoms with E-state index in [4.69, 9.17) is 27.9 Å². The van der Waals surface area contributed by atoms with Crippen molar-refractivity contribution < 1.29 is 9.53 Å². The highest BCUT2D eigenvalue weighted by atomic mass is 35.5. The summed E-state index contributed by atoms with van der Waals surface area (Å²) in [5.41, 5.74) is 0.436. The summed E-state index contributed by atoms with van der Waals surface area (Å²) in [4.78, 5) is 17.8. The molecule has 0 saturated carbocycles. The van der Waals surface area contributed by atoms with Gasteiger partial charge in [-0.15, -0.1) is 0 Å². The number of aromatic nitrogens is 1. The molecule has 2 unspecified atom stereocenters. The molecule has 2 rings (SSSR count). The molecule has 0 bridgehead atoms. The van der Waals surface area contributed by atoms with Crippen molar-refractivity contribution in [3.05, 3.63) is 28.0 Å². The van der Waals surface area contributed by atoms with E-state index in [-0.39, 0.29) is 28.2 Å². The molecule has 1 aromatic heterocycles. The Kier molecular flexibility index (Phi) is 4.10. The minimum absolute atomic E-state index is 0.0506. The number of ether oxygens (including phenoxy) is 1. The third-order valence-corrected chi connectivity index (χ3v) is 3.88. The van der Waals surface area contributed by atoms with Gasteiger partial charge < -0.3 is 9.64 Å². The van der Waals surface area contributed by atoms with E-state index in [2.05, 4.69) is 4.98 Å². The molecule has 0 N–H and O–H groups in total. The predicted molar refractivity (Wildman–Crippen MR) is 70.2 cm³/mol. The zero-order valence-electron chi connectivity index (χ0n) is 10.2. The number of pyridine rings is 1. The normalized spacial score (nSPS) is 23.1. The maximum atomic E-state index is 12.3. The van der Waals surface area contributed by atoms with E-state index in [0.29, 0.717) is 12.2 Å². The van der Waals surface area contributed by atoms with Crippen molar-refractivity contribution in [2.75, 3.05) is 13.7 Å². The first-order chi connectivity index (χ1) is 8.50. The summed E-state index contributed by atoms with van der Waals surface area (Å²) in [6, 6.07) is 1.63. The van der Waals surface area contributed by atoms with Gasteiger partial charge >= 0.3 is 0 Å². The highest BCUT2D eigenvalue weighted by Gasteiger charge is 2.31. The van der Waals surface area contributed by atoms with E-state index in [1.807, 2.05) is 6.92 Å². The topological polar surface area (TPSA) is 42.4 Å². The van der Waals surface area contributed by atoms with Gasteiger partial charge in [-0.25, -0.2) is 4.98 Å². The van der Waals surface area contributed by atoms with Gasteiger partial charge in [0.1, 0.15) is 5.15 Å². The number of rotatable bonds is 2. The Morgan fingerprint density at radius 3 is 2.83 bits per heavy atom. The second-order valence-corrected chi connectivity index (χ2v) is 5.11. The molecule has 1 amide bonds. The molecule has 0 radical (unpaired) electrons. The number of nitrogens with zero attached hydrogens (tertiary/aromatic N) is 2. The first-order valence-corrected chi connectivity index (χ1v) is 6.46. The highest BCUT2D eigenvalue weighted by Crippen LogP contribution is 2.23. The van der Waals surface area contributed by atoms with E-state index in [9.17, 15) is 4.79 Å². The zero-order valence-corrected chi connectivity index (χ0v) is 11.7. The lowest BCUT2D eigenvalue weighted by atomic mass is 10.1. The summed E-state index contributed by atoms with van der Waals surface area (Å²) < 4.78 is 5.46. The van der Waals surface area contributed by atoms with Crippen LogP contribution in [0.5, 0.6) is 0 Å². The second kappa shape index (κ2) is 5.43. The van der Waals surface area contributed by atoms with E-state index >= 15 is 0 Å². The number of halogens is 2. The van der Waals surface area contributed by atoms with E-state index in [0.717, 1.165) is 6.42 Å². The molecule has 1 aromatic rings. The Labute approximate surface area is 116 Å². The smallest absolute Gasteiger partial charge is 0.255 e. The van der Waals surface area contributed by atoms with Gasteiger partial charge in [-0.3, -0.25) is 4.79 Å². The summed E-state index contributed by atoms with van der Waals surface area (Å²) in [5, 5.41) is 0.486. The van der Waals surface area contributed by atoms with Crippen LogP contribution >= 0.6 is 23.2 Å². The molecule has 0 aromatic carbocycles. The average Bonchev–Trinajstić information content (AvgIpc) is 2.77. The zero-order chi connectivity index (χ0) is 13.3. The average molecular weight is 289 g/mol. The number of likely N-dealkylation sites (N-methyl/N-ethyl adjacent to an activating group) is 1. The van der Waals surface area contributed by atoms with Gasteiger partial charge in [0.2, 0.25) is 0 Å². The summed E-state index contributed by atoms with van der Waals surface area (Å²) in [6.45, 7) is 2.65. The quantitative estimate of drug-likeness (QED) is 0.786. The van der Waals surface area contributed by atoms with Crippen molar-refractivity contribution in [3.63, 3.8) is 0 Å². The Hall–Kier alpha value is -0.840. The molecule has 0 spiro atoms. The maximum Gasteiger partial charge on any atom is 0.255 e.